The van der Waals surface area contributed by atoms with E-state index in [1.165, 1.54) is 17.5 Å². The summed E-state index contributed by atoms with van der Waals surface area (Å²) < 4.78 is 5.47. The third kappa shape index (κ3) is 6.73. The molecule has 4 rings (SSSR count). The average molecular weight is 517 g/mol. The fraction of sp³-hybridized carbons (Fsp3) is 0.417. The van der Waals surface area contributed by atoms with Crippen LogP contribution < -0.4 is 10.6 Å². The number of hydrogen-bond donors (Lipinski definition) is 3. The number of thiazole rings is 1. The molecular weight excluding hydrogens is 488 g/mol. The molecule has 1 saturated heterocycles. The third-order valence-corrected chi connectivity index (χ3v) is 6.83. The zero-order valence-electron chi connectivity index (χ0n) is 19.9. The van der Waals surface area contributed by atoms with Crippen molar-refractivity contribution in [3.8, 4) is 0 Å². The van der Waals surface area contributed by atoms with E-state index >= 15 is 0 Å². The van der Waals surface area contributed by atoms with Gasteiger partial charge in [-0.3, -0.25) is 9.89 Å². The molecule has 2 aromatic heterocycles. The topological polar surface area (TPSA) is 112 Å². The highest BCUT2D eigenvalue weighted by atomic mass is 35.5. The summed E-state index contributed by atoms with van der Waals surface area (Å²) in [6.45, 7) is 7.23. The van der Waals surface area contributed by atoms with E-state index in [1.807, 2.05) is 45.0 Å². The number of carbonyl (C=O) groups is 2. The molecule has 186 valence electrons. The Morgan fingerprint density at radius 1 is 1.26 bits per heavy atom. The normalized spacial score (nSPS) is 14.6. The van der Waals surface area contributed by atoms with Crippen molar-refractivity contribution in [1.82, 2.24) is 25.4 Å². The molecule has 11 heteroatoms. The molecular formula is C24H29ClN6O3S. The monoisotopic (exact) mass is 516 g/mol. The molecule has 35 heavy (non-hydrogen) atoms. The molecule has 0 spiro atoms. The van der Waals surface area contributed by atoms with E-state index in [0.717, 1.165) is 24.1 Å². The largest absolute Gasteiger partial charge is 0.444 e. The van der Waals surface area contributed by atoms with Crippen molar-refractivity contribution in [2.24, 2.45) is 0 Å². The first-order valence-corrected chi connectivity index (χ1v) is 12.6. The van der Waals surface area contributed by atoms with Crippen LogP contribution in [0.5, 0.6) is 0 Å². The second kappa shape index (κ2) is 10.7. The van der Waals surface area contributed by atoms with Crippen molar-refractivity contribution in [1.29, 1.82) is 0 Å². The van der Waals surface area contributed by atoms with Gasteiger partial charge in [0.1, 0.15) is 10.5 Å². The number of likely N-dealkylation sites (tertiary alicyclic amines) is 1. The number of amides is 2. The molecule has 3 heterocycles. The fourth-order valence-electron chi connectivity index (χ4n) is 3.76. The number of nitrogens with zero attached hydrogens (tertiary/aromatic N) is 3. The quantitative estimate of drug-likeness (QED) is 0.409. The van der Waals surface area contributed by atoms with Gasteiger partial charge >= 0.3 is 6.09 Å². The van der Waals surface area contributed by atoms with Crippen LogP contribution in [-0.2, 0) is 11.3 Å². The van der Waals surface area contributed by atoms with Crippen LogP contribution >= 0.6 is 22.9 Å². The van der Waals surface area contributed by atoms with Crippen molar-refractivity contribution in [2.75, 3.05) is 18.4 Å². The molecule has 1 fully saturated rings. The second-order valence-electron chi connectivity index (χ2n) is 9.38. The maximum absolute atomic E-state index is 12.5. The van der Waals surface area contributed by atoms with Crippen LogP contribution in [0.2, 0.25) is 5.02 Å². The minimum atomic E-state index is -0.496. The van der Waals surface area contributed by atoms with Crippen LogP contribution in [0, 0.1) is 0 Å². The van der Waals surface area contributed by atoms with Crippen molar-refractivity contribution < 1.29 is 14.3 Å². The summed E-state index contributed by atoms with van der Waals surface area (Å²) >= 11 is 7.39. The highest BCUT2D eigenvalue weighted by Crippen LogP contribution is 2.30. The zero-order valence-corrected chi connectivity index (χ0v) is 21.5. The van der Waals surface area contributed by atoms with E-state index < -0.39 is 5.60 Å². The van der Waals surface area contributed by atoms with Gasteiger partial charge < -0.3 is 20.3 Å². The van der Waals surface area contributed by atoms with Crippen molar-refractivity contribution >= 4 is 45.9 Å². The number of H-pyrrole nitrogens is 1. The number of benzene rings is 1. The van der Waals surface area contributed by atoms with Gasteiger partial charge in [-0.1, -0.05) is 41.1 Å². The van der Waals surface area contributed by atoms with Gasteiger partial charge in [0.15, 0.2) is 10.9 Å². The number of halogens is 1. The lowest BCUT2D eigenvalue weighted by molar-refractivity contribution is 0.0204. The highest BCUT2D eigenvalue weighted by Gasteiger charge is 2.28. The van der Waals surface area contributed by atoms with Gasteiger partial charge in [-0.25, -0.2) is 9.78 Å². The lowest BCUT2D eigenvalue weighted by Gasteiger charge is -2.33. The number of nitrogens with one attached hydrogen (secondary N) is 3. The summed E-state index contributed by atoms with van der Waals surface area (Å²) in [5.41, 5.74) is 1.36. The molecule has 3 N–H and O–H groups in total. The molecule has 0 aliphatic carbocycles. The molecule has 3 aromatic rings. The Balaban J connectivity index is 1.28. The molecule has 1 aliphatic rings. The number of carbonyl (C=O) groups excluding carboxylic acids is 2. The van der Waals surface area contributed by atoms with Gasteiger partial charge in [0.25, 0.3) is 5.91 Å². The number of piperidine rings is 1. The smallest absolute Gasteiger partial charge is 0.410 e. The van der Waals surface area contributed by atoms with Crippen molar-refractivity contribution in [3.63, 3.8) is 0 Å². The summed E-state index contributed by atoms with van der Waals surface area (Å²) in [6.07, 6.45) is 2.93. The molecule has 9 nitrogen and oxygen atoms in total. The van der Waals surface area contributed by atoms with Crippen LogP contribution in [0.25, 0.3) is 0 Å². The summed E-state index contributed by atoms with van der Waals surface area (Å²) in [6, 6.07) is 9.35. The predicted molar refractivity (Wildman–Crippen MR) is 136 cm³/mol. The lowest BCUT2D eigenvalue weighted by atomic mass is 9.94. The number of aromatic nitrogens is 3. The Kier molecular flexibility index (Phi) is 7.61. The predicted octanol–water partition coefficient (Wildman–Crippen LogP) is 5.31. The first kappa shape index (κ1) is 25.0. The summed E-state index contributed by atoms with van der Waals surface area (Å²) in [5, 5.41) is 14.6. The maximum Gasteiger partial charge on any atom is 0.410 e. The van der Waals surface area contributed by atoms with Crippen LogP contribution in [0.15, 0.2) is 36.5 Å². The minimum Gasteiger partial charge on any atom is -0.444 e. The van der Waals surface area contributed by atoms with Gasteiger partial charge in [0, 0.05) is 42.3 Å². The number of aromatic amines is 1. The molecule has 1 aliphatic heterocycles. The molecule has 0 atom stereocenters. The molecule has 0 unspecified atom stereocenters. The number of anilines is 2. The van der Waals surface area contributed by atoms with E-state index in [-0.39, 0.29) is 17.9 Å². The van der Waals surface area contributed by atoms with Crippen LogP contribution in [0.1, 0.15) is 60.5 Å². The summed E-state index contributed by atoms with van der Waals surface area (Å²) in [7, 11) is 0. The molecule has 1 aromatic carbocycles. The molecule has 0 radical (unpaired) electrons. The Morgan fingerprint density at radius 2 is 2.00 bits per heavy atom. The van der Waals surface area contributed by atoms with Gasteiger partial charge in [-0.2, -0.15) is 5.10 Å². The first-order chi connectivity index (χ1) is 16.7. The van der Waals surface area contributed by atoms with Gasteiger partial charge in [-0.15, -0.1) is 0 Å². The van der Waals surface area contributed by atoms with Gasteiger partial charge in [0.2, 0.25) is 0 Å². The zero-order chi connectivity index (χ0) is 25.0. The van der Waals surface area contributed by atoms with E-state index in [0.29, 0.717) is 40.5 Å². The molecule has 0 saturated carbocycles. The van der Waals surface area contributed by atoms with E-state index in [9.17, 15) is 9.59 Å². The van der Waals surface area contributed by atoms with E-state index in [2.05, 4.69) is 25.8 Å². The van der Waals surface area contributed by atoms with Crippen LogP contribution in [0.4, 0.5) is 15.7 Å². The van der Waals surface area contributed by atoms with Crippen LogP contribution in [-0.4, -0.2) is 50.8 Å². The highest BCUT2D eigenvalue weighted by molar-refractivity contribution is 7.17. The Labute approximate surface area is 213 Å². The van der Waals surface area contributed by atoms with Crippen LogP contribution in [0.3, 0.4) is 0 Å². The van der Waals surface area contributed by atoms with Crippen molar-refractivity contribution in [3.05, 3.63) is 57.7 Å². The summed E-state index contributed by atoms with van der Waals surface area (Å²) in [5.74, 6) is 0.695. The van der Waals surface area contributed by atoms with Gasteiger partial charge in [-0.05, 0) is 45.2 Å². The second-order valence-corrected chi connectivity index (χ2v) is 10.8. The Bertz CT molecular complexity index is 1180. The molecule has 0 bridgehead atoms. The average Bonchev–Trinajstić information content (AvgIpc) is 3.48. The lowest BCUT2D eigenvalue weighted by Crippen LogP contribution is -2.41. The van der Waals surface area contributed by atoms with E-state index in [4.69, 9.17) is 16.3 Å². The van der Waals surface area contributed by atoms with Crippen molar-refractivity contribution in [2.45, 2.75) is 51.7 Å². The standard InChI is InChI=1S/C24H29ClN6O3S/c1-24(2,3)34-23(33)31-10-8-15(9-11-31)18-12-20(30-29-18)28-22-27-14-19(35-22)21(32)26-13-16-6-4-5-7-17(16)25/h4-7,12,14-15H,8-11,13H2,1-3H3,(H,26,32)(H2,27,28,29,30). The Morgan fingerprint density at radius 3 is 2.71 bits per heavy atom. The number of hydrogen-bond acceptors (Lipinski definition) is 7. The first-order valence-electron chi connectivity index (χ1n) is 11.5. The fourth-order valence-corrected chi connectivity index (χ4v) is 4.70. The molecule has 2 amide bonds. The summed E-state index contributed by atoms with van der Waals surface area (Å²) in [4.78, 5) is 31.3. The number of rotatable bonds is 6. The Hall–Kier alpha value is -3.11. The minimum absolute atomic E-state index is 0.213. The van der Waals surface area contributed by atoms with Gasteiger partial charge in [0.05, 0.1) is 6.20 Å². The maximum atomic E-state index is 12.5. The SMILES string of the molecule is CC(C)(C)OC(=O)N1CCC(c2cc(Nc3ncc(C(=O)NCc4ccccc4Cl)s3)n[nH]2)CC1. The third-order valence-electron chi connectivity index (χ3n) is 5.55. The van der Waals surface area contributed by atoms with E-state index in [1.54, 1.807) is 11.0 Å². The number of ether oxygens (including phenoxy) is 1.